The Hall–Kier alpha value is -3.48. The Morgan fingerprint density at radius 3 is 2.56 bits per heavy atom. The van der Waals surface area contributed by atoms with Crippen molar-refractivity contribution in [2.45, 2.75) is 19.3 Å². The summed E-state index contributed by atoms with van der Waals surface area (Å²) in [5.41, 5.74) is 2.14. The van der Waals surface area contributed by atoms with Crippen molar-refractivity contribution in [1.82, 2.24) is 10.3 Å². The molecule has 1 amide bonds. The molecule has 0 fully saturated rings. The highest BCUT2D eigenvalue weighted by Gasteiger charge is 2.07. The van der Waals surface area contributed by atoms with Gasteiger partial charge in [0.1, 0.15) is 0 Å². The van der Waals surface area contributed by atoms with E-state index < -0.39 is 4.92 Å². The molecule has 0 unspecified atom stereocenters. The minimum Gasteiger partial charge on any atom is -0.356 e. The van der Waals surface area contributed by atoms with Crippen LogP contribution in [0.15, 0.2) is 59.4 Å². The number of aromatic amines is 1. The monoisotopic (exact) mass is 365 g/mol. The van der Waals surface area contributed by atoms with Crippen molar-refractivity contribution in [3.05, 3.63) is 86.2 Å². The van der Waals surface area contributed by atoms with Gasteiger partial charge in [0.15, 0.2) is 0 Å². The zero-order chi connectivity index (χ0) is 19.2. The molecule has 3 rings (SSSR count). The fraction of sp³-hybridized carbons (Fsp3) is 0.200. The second-order valence-corrected chi connectivity index (χ2v) is 6.23. The summed E-state index contributed by atoms with van der Waals surface area (Å²) >= 11 is 0. The van der Waals surface area contributed by atoms with Crippen molar-refractivity contribution in [3.63, 3.8) is 0 Å². The predicted molar refractivity (Wildman–Crippen MR) is 103 cm³/mol. The van der Waals surface area contributed by atoms with Crippen molar-refractivity contribution < 1.29 is 9.72 Å². The number of non-ortho nitro benzene ring substituents is 1. The molecule has 0 atom stereocenters. The van der Waals surface area contributed by atoms with Gasteiger partial charge in [-0.2, -0.15) is 0 Å². The first-order valence-electron chi connectivity index (χ1n) is 8.64. The second-order valence-electron chi connectivity index (χ2n) is 6.23. The van der Waals surface area contributed by atoms with Gasteiger partial charge in [-0.3, -0.25) is 19.7 Å². The molecule has 138 valence electrons. The van der Waals surface area contributed by atoms with Crippen LogP contribution >= 0.6 is 0 Å². The van der Waals surface area contributed by atoms with Crippen LogP contribution in [0.3, 0.4) is 0 Å². The van der Waals surface area contributed by atoms with Gasteiger partial charge in [-0.05, 0) is 35.9 Å². The summed E-state index contributed by atoms with van der Waals surface area (Å²) < 4.78 is 0. The number of nitrogens with one attached hydrogen (secondary N) is 2. The number of aromatic nitrogens is 1. The van der Waals surface area contributed by atoms with E-state index in [1.807, 2.05) is 30.3 Å². The minimum absolute atomic E-state index is 0.0448. The number of pyridine rings is 1. The van der Waals surface area contributed by atoms with E-state index in [4.69, 9.17) is 0 Å². The molecule has 3 aromatic rings. The number of rotatable bonds is 7. The van der Waals surface area contributed by atoms with Crippen LogP contribution in [0, 0.1) is 10.1 Å². The number of carbonyl (C=O) groups is 1. The van der Waals surface area contributed by atoms with Crippen LogP contribution in [-0.2, 0) is 17.6 Å². The van der Waals surface area contributed by atoms with Crippen molar-refractivity contribution in [3.8, 4) is 0 Å². The molecule has 0 aliphatic rings. The van der Waals surface area contributed by atoms with Gasteiger partial charge in [0.25, 0.3) is 11.2 Å². The highest BCUT2D eigenvalue weighted by atomic mass is 16.6. The van der Waals surface area contributed by atoms with Crippen LogP contribution in [0.5, 0.6) is 0 Å². The van der Waals surface area contributed by atoms with Crippen LogP contribution in [0.1, 0.15) is 17.5 Å². The largest absolute Gasteiger partial charge is 0.356 e. The summed E-state index contributed by atoms with van der Waals surface area (Å²) in [7, 11) is 0. The number of benzene rings is 2. The summed E-state index contributed by atoms with van der Waals surface area (Å²) in [5, 5.41) is 14.4. The molecule has 0 aliphatic heterocycles. The Kier molecular flexibility index (Phi) is 5.61. The quantitative estimate of drug-likeness (QED) is 0.496. The van der Waals surface area contributed by atoms with Crippen molar-refractivity contribution in [2.24, 2.45) is 0 Å². The van der Waals surface area contributed by atoms with Gasteiger partial charge in [0.05, 0.1) is 4.92 Å². The number of aryl methyl sites for hydroxylation is 1. The average molecular weight is 365 g/mol. The number of carbonyl (C=O) groups excluding carboxylic acids is 1. The second kappa shape index (κ2) is 8.27. The maximum absolute atomic E-state index is 12.1. The number of nitro groups is 1. The number of nitro benzene ring substituents is 1. The van der Waals surface area contributed by atoms with E-state index in [1.165, 1.54) is 12.1 Å². The standard InChI is InChI=1S/C20H19N3O4/c24-19(21-12-11-14-5-8-17(9-6-14)23(26)27)10-7-16-13-15-3-1-2-4-18(15)22-20(16)25/h1-6,8-9,13H,7,10-12H2,(H,21,24)(H,22,25). The molecule has 1 heterocycles. The van der Waals surface area contributed by atoms with Crippen LogP contribution in [0.25, 0.3) is 10.9 Å². The first-order chi connectivity index (χ1) is 13.0. The normalized spacial score (nSPS) is 10.7. The molecular formula is C20H19N3O4. The topological polar surface area (TPSA) is 105 Å². The van der Waals surface area contributed by atoms with Crippen LogP contribution < -0.4 is 10.9 Å². The van der Waals surface area contributed by atoms with Gasteiger partial charge < -0.3 is 10.3 Å². The SMILES string of the molecule is O=C(CCc1cc2ccccc2[nH]c1=O)NCCc1ccc([N+](=O)[O-])cc1. The van der Waals surface area contributed by atoms with Crippen LogP contribution in [0.2, 0.25) is 0 Å². The molecule has 2 N–H and O–H groups in total. The lowest BCUT2D eigenvalue weighted by molar-refractivity contribution is -0.384. The summed E-state index contributed by atoms with van der Waals surface area (Å²) in [6.07, 6.45) is 1.17. The van der Waals surface area contributed by atoms with E-state index >= 15 is 0 Å². The number of hydrogen-bond acceptors (Lipinski definition) is 4. The maximum Gasteiger partial charge on any atom is 0.269 e. The zero-order valence-electron chi connectivity index (χ0n) is 14.6. The first kappa shape index (κ1) is 18.3. The molecule has 7 nitrogen and oxygen atoms in total. The lowest BCUT2D eigenvalue weighted by Crippen LogP contribution is -2.26. The van der Waals surface area contributed by atoms with Crippen molar-refractivity contribution in [1.29, 1.82) is 0 Å². The van der Waals surface area contributed by atoms with Gasteiger partial charge in [-0.15, -0.1) is 0 Å². The number of fused-ring (bicyclic) bond motifs is 1. The van der Waals surface area contributed by atoms with Gasteiger partial charge in [0, 0.05) is 36.2 Å². The fourth-order valence-electron chi connectivity index (χ4n) is 2.85. The molecule has 0 saturated heterocycles. The fourth-order valence-corrected chi connectivity index (χ4v) is 2.85. The molecule has 2 aromatic carbocycles. The number of para-hydroxylation sites is 1. The molecule has 0 aliphatic carbocycles. The predicted octanol–water partition coefficient (Wildman–Crippen LogP) is 2.73. The van der Waals surface area contributed by atoms with Gasteiger partial charge in [-0.1, -0.05) is 30.3 Å². The first-order valence-corrected chi connectivity index (χ1v) is 8.64. The third-order valence-corrected chi connectivity index (χ3v) is 4.33. The summed E-state index contributed by atoms with van der Waals surface area (Å²) in [6.45, 7) is 0.435. The number of hydrogen-bond donors (Lipinski definition) is 2. The van der Waals surface area contributed by atoms with E-state index in [-0.39, 0.29) is 23.6 Å². The van der Waals surface area contributed by atoms with Crippen LogP contribution in [0.4, 0.5) is 5.69 Å². The van der Waals surface area contributed by atoms with E-state index in [1.54, 1.807) is 12.1 Å². The number of H-pyrrole nitrogens is 1. The Balaban J connectivity index is 1.49. The Labute approximate surface area is 155 Å². The highest BCUT2D eigenvalue weighted by Crippen LogP contribution is 2.12. The third-order valence-electron chi connectivity index (χ3n) is 4.33. The molecule has 0 saturated carbocycles. The molecule has 0 bridgehead atoms. The van der Waals surface area contributed by atoms with E-state index in [0.29, 0.717) is 24.9 Å². The van der Waals surface area contributed by atoms with Gasteiger partial charge in [0.2, 0.25) is 5.91 Å². The Morgan fingerprint density at radius 1 is 1.07 bits per heavy atom. The minimum atomic E-state index is -0.444. The Bertz CT molecular complexity index is 1030. The third kappa shape index (κ3) is 4.78. The lowest BCUT2D eigenvalue weighted by Gasteiger charge is -2.06. The van der Waals surface area contributed by atoms with E-state index in [9.17, 15) is 19.7 Å². The molecule has 0 radical (unpaired) electrons. The van der Waals surface area contributed by atoms with Crippen molar-refractivity contribution in [2.75, 3.05) is 6.54 Å². The molecule has 0 spiro atoms. The summed E-state index contributed by atoms with van der Waals surface area (Å²) in [6, 6.07) is 15.6. The van der Waals surface area contributed by atoms with E-state index in [0.717, 1.165) is 16.5 Å². The smallest absolute Gasteiger partial charge is 0.269 e. The molecule has 27 heavy (non-hydrogen) atoms. The zero-order valence-corrected chi connectivity index (χ0v) is 14.6. The average Bonchev–Trinajstić information content (AvgIpc) is 2.66. The maximum atomic E-state index is 12.1. The Morgan fingerprint density at radius 2 is 1.81 bits per heavy atom. The van der Waals surface area contributed by atoms with E-state index in [2.05, 4.69) is 10.3 Å². The number of amides is 1. The van der Waals surface area contributed by atoms with Crippen molar-refractivity contribution >= 4 is 22.5 Å². The highest BCUT2D eigenvalue weighted by molar-refractivity contribution is 5.79. The van der Waals surface area contributed by atoms with Gasteiger partial charge >= 0.3 is 0 Å². The molecule has 7 heteroatoms. The van der Waals surface area contributed by atoms with Crippen LogP contribution in [-0.4, -0.2) is 22.4 Å². The van der Waals surface area contributed by atoms with Gasteiger partial charge in [-0.25, -0.2) is 0 Å². The summed E-state index contributed by atoms with van der Waals surface area (Å²) in [4.78, 5) is 37.1. The lowest BCUT2D eigenvalue weighted by atomic mass is 10.1. The number of nitrogens with zero attached hydrogens (tertiary/aromatic N) is 1. The molecular weight excluding hydrogens is 346 g/mol. The summed E-state index contributed by atoms with van der Waals surface area (Å²) in [5.74, 6) is -0.135. The molecule has 1 aromatic heterocycles.